The lowest BCUT2D eigenvalue weighted by atomic mass is 10.2. The van der Waals surface area contributed by atoms with Gasteiger partial charge in [-0.1, -0.05) is 29.0 Å². The normalized spacial score (nSPS) is 10.7. The Hall–Kier alpha value is -2.06. The minimum Gasteiger partial charge on any atom is -0.495 e. The summed E-state index contributed by atoms with van der Waals surface area (Å²) in [6, 6.07) is 10.6. The van der Waals surface area contributed by atoms with Gasteiger partial charge in [0, 0.05) is 23.7 Å². The molecule has 3 rings (SSSR count). The van der Waals surface area contributed by atoms with Crippen molar-refractivity contribution in [1.29, 1.82) is 0 Å². The van der Waals surface area contributed by atoms with Crippen molar-refractivity contribution in [2.75, 3.05) is 46.3 Å². The summed E-state index contributed by atoms with van der Waals surface area (Å²) in [6.45, 7) is 1.18. The number of carbonyl (C=O) groups is 1. The first kappa shape index (κ1) is 23.2. The van der Waals surface area contributed by atoms with Crippen molar-refractivity contribution in [3.05, 3.63) is 47.0 Å². The van der Waals surface area contributed by atoms with E-state index in [2.05, 4.69) is 0 Å². The van der Waals surface area contributed by atoms with Gasteiger partial charge in [-0.3, -0.25) is 9.69 Å². The standard InChI is InChI=1S/C20H22ClN3O3S.ClH/c1-23(2)10-11-24(19(25)13-6-5-7-14(21)12-13)20-22-17-15(26-3)8-9-16(27-4)18(17)28-20;/h5-9,12H,10-11H2,1-4H3;1H. The van der Waals surface area contributed by atoms with Crippen LogP contribution in [0, 0.1) is 0 Å². The van der Waals surface area contributed by atoms with Gasteiger partial charge in [-0.2, -0.15) is 0 Å². The zero-order valence-corrected chi connectivity index (χ0v) is 19.0. The van der Waals surface area contributed by atoms with Crippen molar-refractivity contribution in [1.82, 2.24) is 9.88 Å². The van der Waals surface area contributed by atoms with Crippen molar-refractivity contribution >= 4 is 56.6 Å². The minimum absolute atomic E-state index is 0. The molecule has 0 N–H and O–H groups in total. The van der Waals surface area contributed by atoms with E-state index >= 15 is 0 Å². The van der Waals surface area contributed by atoms with Crippen LogP contribution in [-0.4, -0.2) is 57.2 Å². The molecule has 0 saturated carbocycles. The number of methoxy groups -OCH3 is 2. The first-order chi connectivity index (χ1) is 13.4. The second kappa shape index (κ2) is 10.1. The van der Waals surface area contributed by atoms with Gasteiger partial charge in [-0.25, -0.2) is 4.98 Å². The number of hydrogen-bond donors (Lipinski definition) is 0. The molecular formula is C20H23Cl2N3O3S. The highest BCUT2D eigenvalue weighted by Crippen LogP contribution is 2.40. The number of ether oxygens (including phenoxy) is 2. The predicted octanol–water partition coefficient (Wildman–Crippen LogP) is 4.60. The molecule has 0 aliphatic rings. The average Bonchev–Trinajstić information content (AvgIpc) is 3.12. The molecule has 0 spiro atoms. The van der Waals surface area contributed by atoms with Crippen LogP contribution in [0.2, 0.25) is 5.02 Å². The largest absolute Gasteiger partial charge is 0.495 e. The third-order valence-corrected chi connectivity index (χ3v) is 5.55. The monoisotopic (exact) mass is 455 g/mol. The van der Waals surface area contributed by atoms with Gasteiger partial charge >= 0.3 is 0 Å². The topological polar surface area (TPSA) is 54.9 Å². The summed E-state index contributed by atoms with van der Waals surface area (Å²) >= 11 is 7.49. The summed E-state index contributed by atoms with van der Waals surface area (Å²) in [4.78, 5) is 21.7. The number of likely N-dealkylation sites (N-methyl/N-ethyl adjacent to an activating group) is 1. The van der Waals surface area contributed by atoms with Crippen molar-refractivity contribution in [2.45, 2.75) is 0 Å². The Balaban J connectivity index is 0.00000300. The minimum atomic E-state index is -0.152. The average molecular weight is 456 g/mol. The lowest BCUT2D eigenvalue weighted by Gasteiger charge is -2.22. The Morgan fingerprint density at radius 3 is 2.41 bits per heavy atom. The molecule has 6 nitrogen and oxygen atoms in total. The van der Waals surface area contributed by atoms with Gasteiger partial charge in [0.25, 0.3) is 5.91 Å². The molecule has 0 fully saturated rings. The number of benzene rings is 2. The molecule has 2 aromatic carbocycles. The Kier molecular flexibility index (Phi) is 8.10. The number of fused-ring (bicyclic) bond motifs is 1. The van der Waals surface area contributed by atoms with E-state index in [0.717, 1.165) is 4.70 Å². The molecule has 0 bridgehead atoms. The van der Waals surface area contributed by atoms with Gasteiger partial charge in [0.2, 0.25) is 0 Å². The van der Waals surface area contributed by atoms with Crippen LogP contribution in [0.1, 0.15) is 10.4 Å². The number of amides is 1. The highest BCUT2D eigenvalue weighted by molar-refractivity contribution is 7.22. The smallest absolute Gasteiger partial charge is 0.260 e. The van der Waals surface area contributed by atoms with Crippen molar-refractivity contribution in [3.63, 3.8) is 0 Å². The summed E-state index contributed by atoms with van der Waals surface area (Å²) in [7, 11) is 7.14. The third kappa shape index (κ3) is 5.11. The second-order valence-electron chi connectivity index (χ2n) is 6.41. The maximum Gasteiger partial charge on any atom is 0.260 e. The van der Waals surface area contributed by atoms with Crippen LogP contribution in [0.3, 0.4) is 0 Å². The van der Waals surface area contributed by atoms with E-state index in [1.54, 1.807) is 43.4 Å². The Morgan fingerprint density at radius 1 is 1.10 bits per heavy atom. The fourth-order valence-electron chi connectivity index (χ4n) is 2.75. The number of halogens is 2. The molecule has 9 heteroatoms. The van der Waals surface area contributed by atoms with E-state index in [-0.39, 0.29) is 18.3 Å². The Labute approximate surface area is 185 Å². The number of nitrogens with zero attached hydrogens (tertiary/aromatic N) is 3. The number of carbonyl (C=O) groups excluding carboxylic acids is 1. The Morgan fingerprint density at radius 2 is 1.79 bits per heavy atom. The summed E-state index contributed by atoms with van der Waals surface area (Å²) in [5.41, 5.74) is 1.19. The molecule has 0 aliphatic carbocycles. The van der Waals surface area contributed by atoms with Crippen molar-refractivity contribution in [2.24, 2.45) is 0 Å². The summed E-state index contributed by atoms with van der Waals surface area (Å²) in [6.07, 6.45) is 0. The summed E-state index contributed by atoms with van der Waals surface area (Å²) in [5.74, 6) is 1.18. The summed E-state index contributed by atoms with van der Waals surface area (Å²) < 4.78 is 11.7. The van der Waals surface area contributed by atoms with Gasteiger partial charge < -0.3 is 14.4 Å². The number of hydrogen-bond acceptors (Lipinski definition) is 6. The second-order valence-corrected chi connectivity index (χ2v) is 7.83. The van der Waals surface area contributed by atoms with Gasteiger partial charge in [0.05, 0.1) is 14.2 Å². The van der Waals surface area contributed by atoms with E-state index in [1.165, 1.54) is 11.3 Å². The van der Waals surface area contributed by atoms with Crippen LogP contribution in [0.15, 0.2) is 36.4 Å². The van der Waals surface area contributed by atoms with Crippen LogP contribution in [0.5, 0.6) is 11.5 Å². The van der Waals surface area contributed by atoms with E-state index in [4.69, 9.17) is 26.1 Å². The molecule has 3 aromatic rings. The third-order valence-electron chi connectivity index (χ3n) is 4.22. The number of aromatic nitrogens is 1. The molecule has 156 valence electrons. The maximum atomic E-state index is 13.2. The van der Waals surface area contributed by atoms with Crippen molar-refractivity contribution < 1.29 is 14.3 Å². The number of anilines is 1. The van der Waals surface area contributed by atoms with Gasteiger partial charge in [0.1, 0.15) is 21.7 Å². The van der Waals surface area contributed by atoms with Crippen molar-refractivity contribution in [3.8, 4) is 11.5 Å². The maximum absolute atomic E-state index is 13.2. The van der Waals surface area contributed by atoms with Gasteiger partial charge in [-0.15, -0.1) is 12.4 Å². The first-order valence-electron chi connectivity index (χ1n) is 8.68. The molecule has 0 aliphatic heterocycles. The lowest BCUT2D eigenvalue weighted by Crippen LogP contribution is -2.36. The fourth-order valence-corrected chi connectivity index (χ4v) is 4.04. The van der Waals surface area contributed by atoms with E-state index < -0.39 is 0 Å². The zero-order chi connectivity index (χ0) is 20.3. The molecule has 0 radical (unpaired) electrons. The lowest BCUT2D eigenvalue weighted by molar-refractivity contribution is 0.0985. The molecule has 1 aromatic heterocycles. The summed E-state index contributed by atoms with van der Waals surface area (Å²) in [5, 5.41) is 1.11. The van der Waals surface area contributed by atoms with Crippen LogP contribution in [0.25, 0.3) is 10.2 Å². The first-order valence-corrected chi connectivity index (χ1v) is 9.87. The molecular weight excluding hydrogens is 433 g/mol. The van der Waals surface area contributed by atoms with E-state index in [9.17, 15) is 4.79 Å². The molecule has 1 amide bonds. The highest BCUT2D eigenvalue weighted by atomic mass is 35.5. The van der Waals surface area contributed by atoms with Crippen LogP contribution in [0.4, 0.5) is 5.13 Å². The highest BCUT2D eigenvalue weighted by Gasteiger charge is 2.23. The number of thiazole rings is 1. The predicted molar refractivity (Wildman–Crippen MR) is 122 cm³/mol. The molecule has 0 atom stereocenters. The number of rotatable bonds is 7. The fraction of sp³-hybridized carbons (Fsp3) is 0.300. The van der Waals surface area contributed by atoms with Gasteiger partial charge in [-0.05, 0) is 44.4 Å². The Bertz CT molecular complexity index is 953. The quantitative estimate of drug-likeness (QED) is 0.520. The molecule has 0 unspecified atom stereocenters. The molecule has 0 saturated heterocycles. The zero-order valence-electron chi connectivity index (χ0n) is 16.6. The SMILES string of the molecule is COc1ccc(OC)c2sc(N(CCN(C)C)C(=O)c3cccc(Cl)c3)nc12.Cl. The van der Waals surface area contributed by atoms with Gasteiger partial charge in [0.15, 0.2) is 5.13 Å². The van der Waals surface area contributed by atoms with Crippen LogP contribution < -0.4 is 14.4 Å². The van der Waals surface area contributed by atoms with E-state index in [0.29, 0.717) is 45.8 Å². The van der Waals surface area contributed by atoms with E-state index in [1.807, 2.05) is 31.1 Å². The molecule has 29 heavy (non-hydrogen) atoms. The molecule has 1 heterocycles. The van der Waals surface area contributed by atoms with Crippen LogP contribution >= 0.6 is 35.3 Å². The van der Waals surface area contributed by atoms with Crippen LogP contribution in [-0.2, 0) is 0 Å².